The van der Waals surface area contributed by atoms with Gasteiger partial charge in [0.1, 0.15) is 17.3 Å². The summed E-state index contributed by atoms with van der Waals surface area (Å²) < 4.78 is 6.03. The van der Waals surface area contributed by atoms with Gasteiger partial charge in [-0.2, -0.15) is 0 Å². The molecule has 5 heteroatoms. The highest BCUT2D eigenvalue weighted by atomic mass is 16.5. The van der Waals surface area contributed by atoms with Gasteiger partial charge in [0, 0.05) is 11.3 Å². The Kier molecular flexibility index (Phi) is 6.36. The van der Waals surface area contributed by atoms with Crippen LogP contribution in [0.4, 0.5) is 5.69 Å². The van der Waals surface area contributed by atoms with Gasteiger partial charge in [-0.3, -0.25) is 14.5 Å². The molecule has 1 unspecified atom stereocenters. The second-order valence-corrected chi connectivity index (χ2v) is 9.29. The van der Waals surface area contributed by atoms with Crippen molar-refractivity contribution >= 4 is 23.1 Å². The number of Topliss-reactive ketones (excluding diaryl/α,β-unsaturated/α-hetero) is 1. The summed E-state index contributed by atoms with van der Waals surface area (Å²) in [6, 6.07) is 28.8. The van der Waals surface area contributed by atoms with Crippen molar-refractivity contribution in [2.45, 2.75) is 26.8 Å². The number of aliphatic hydroxyl groups excluding tert-OH is 1. The number of aliphatic hydroxyl groups is 1. The summed E-state index contributed by atoms with van der Waals surface area (Å²) >= 11 is 0. The number of ether oxygens (including phenoxy) is 1. The van der Waals surface area contributed by atoms with Crippen molar-refractivity contribution in [3.05, 3.63) is 130 Å². The molecule has 5 rings (SSSR count). The van der Waals surface area contributed by atoms with Gasteiger partial charge in [0.05, 0.1) is 11.6 Å². The molecular weight excluding hydrogens is 462 g/mol. The van der Waals surface area contributed by atoms with Crippen molar-refractivity contribution in [2.75, 3.05) is 4.90 Å². The molecule has 0 saturated carbocycles. The van der Waals surface area contributed by atoms with E-state index in [4.69, 9.17) is 4.74 Å². The minimum Gasteiger partial charge on any atom is -0.507 e. The van der Waals surface area contributed by atoms with Crippen LogP contribution in [0.15, 0.2) is 103 Å². The molecule has 0 aromatic heterocycles. The number of amides is 1. The van der Waals surface area contributed by atoms with Crippen LogP contribution in [0, 0.1) is 20.8 Å². The van der Waals surface area contributed by atoms with Crippen LogP contribution in [0.2, 0.25) is 0 Å². The molecule has 5 nitrogen and oxygen atoms in total. The number of hydrogen-bond acceptors (Lipinski definition) is 4. The van der Waals surface area contributed by atoms with Crippen LogP contribution >= 0.6 is 0 Å². The first kappa shape index (κ1) is 24.1. The Balaban J connectivity index is 1.68. The van der Waals surface area contributed by atoms with Gasteiger partial charge in [-0.15, -0.1) is 0 Å². The molecule has 0 aliphatic carbocycles. The predicted molar refractivity (Wildman–Crippen MR) is 145 cm³/mol. The fraction of sp³-hybridized carbons (Fsp3) is 0.125. The lowest BCUT2D eigenvalue weighted by atomic mass is 9.94. The molecule has 37 heavy (non-hydrogen) atoms. The van der Waals surface area contributed by atoms with Crippen molar-refractivity contribution < 1.29 is 19.4 Å². The summed E-state index contributed by atoms with van der Waals surface area (Å²) in [5, 5.41) is 11.4. The van der Waals surface area contributed by atoms with Gasteiger partial charge in [-0.1, -0.05) is 54.6 Å². The van der Waals surface area contributed by atoms with E-state index in [1.54, 1.807) is 18.2 Å². The predicted octanol–water partition coefficient (Wildman–Crippen LogP) is 7.03. The topological polar surface area (TPSA) is 66.8 Å². The van der Waals surface area contributed by atoms with E-state index in [0.717, 1.165) is 16.7 Å². The number of nitrogens with zero attached hydrogens (tertiary/aromatic N) is 1. The quantitative estimate of drug-likeness (QED) is 0.186. The third-order valence-corrected chi connectivity index (χ3v) is 6.66. The number of para-hydroxylation sites is 1. The van der Waals surface area contributed by atoms with Crippen LogP contribution in [0.25, 0.3) is 5.76 Å². The molecule has 1 aliphatic heterocycles. The molecule has 4 aromatic rings. The van der Waals surface area contributed by atoms with Gasteiger partial charge in [0.25, 0.3) is 11.7 Å². The van der Waals surface area contributed by atoms with Gasteiger partial charge in [-0.25, -0.2) is 0 Å². The number of hydrogen-bond donors (Lipinski definition) is 1. The molecule has 1 amide bonds. The maximum absolute atomic E-state index is 13.5. The van der Waals surface area contributed by atoms with E-state index in [1.807, 2.05) is 99.6 Å². The lowest BCUT2D eigenvalue weighted by Crippen LogP contribution is -2.29. The first-order chi connectivity index (χ1) is 17.8. The van der Waals surface area contributed by atoms with Gasteiger partial charge in [0.15, 0.2) is 0 Å². The summed E-state index contributed by atoms with van der Waals surface area (Å²) in [5.74, 6) is -0.379. The van der Waals surface area contributed by atoms with Crippen molar-refractivity contribution in [2.24, 2.45) is 0 Å². The molecule has 0 bridgehead atoms. The van der Waals surface area contributed by atoms with Crippen LogP contribution in [0.3, 0.4) is 0 Å². The molecule has 1 saturated heterocycles. The fourth-order valence-electron chi connectivity index (χ4n) is 4.61. The number of carbonyl (C=O) groups is 2. The maximum atomic E-state index is 13.5. The normalized spacial score (nSPS) is 16.7. The molecule has 1 N–H and O–H groups in total. The van der Waals surface area contributed by atoms with Gasteiger partial charge >= 0.3 is 0 Å². The smallest absolute Gasteiger partial charge is 0.300 e. The van der Waals surface area contributed by atoms with Gasteiger partial charge in [-0.05, 0) is 85.5 Å². The molecule has 1 aliphatic rings. The maximum Gasteiger partial charge on any atom is 0.300 e. The highest BCUT2D eigenvalue weighted by molar-refractivity contribution is 6.51. The van der Waals surface area contributed by atoms with Crippen LogP contribution in [0.1, 0.15) is 33.9 Å². The lowest BCUT2D eigenvalue weighted by molar-refractivity contribution is -0.132. The second-order valence-electron chi connectivity index (χ2n) is 9.29. The molecule has 1 atom stereocenters. The van der Waals surface area contributed by atoms with Crippen LogP contribution in [-0.2, 0) is 9.59 Å². The van der Waals surface area contributed by atoms with E-state index in [9.17, 15) is 14.7 Å². The summed E-state index contributed by atoms with van der Waals surface area (Å²) in [5.41, 5.74) is 4.78. The molecule has 0 spiro atoms. The Morgan fingerprint density at radius 1 is 0.757 bits per heavy atom. The Morgan fingerprint density at radius 3 is 2.22 bits per heavy atom. The standard InChI is InChI=1S/C32H27NO4/c1-20-9-7-11-25(17-20)33-29(23-10-8-14-27(19-23)37-26-12-5-4-6-13-26)28(31(35)32(33)36)30(34)24-16-15-21(2)22(3)18-24/h4-19,29,34H,1-3H3/b30-28-. The molecular formula is C32H27NO4. The SMILES string of the molecule is Cc1cccc(N2C(=O)C(=O)/C(=C(\O)c3ccc(C)c(C)c3)C2c2cccc(Oc3ccccc3)c2)c1. The zero-order valence-electron chi connectivity index (χ0n) is 20.9. The fourth-order valence-corrected chi connectivity index (χ4v) is 4.61. The van der Waals surface area contributed by atoms with E-state index in [-0.39, 0.29) is 11.3 Å². The Bertz CT molecular complexity index is 1540. The van der Waals surface area contributed by atoms with E-state index in [1.165, 1.54) is 4.90 Å². The summed E-state index contributed by atoms with van der Waals surface area (Å²) in [6.45, 7) is 5.85. The van der Waals surface area contributed by atoms with Crippen molar-refractivity contribution in [1.29, 1.82) is 0 Å². The minimum atomic E-state index is -0.831. The lowest BCUT2D eigenvalue weighted by Gasteiger charge is -2.26. The van der Waals surface area contributed by atoms with Crippen LogP contribution in [-0.4, -0.2) is 16.8 Å². The van der Waals surface area contributed by atoms with Gasteiger partial charge in [0.2, 0.25) is 0 Å². The van der Waals surface area contributed by atoms with Crippen LogP contribution in [0.5, 0.6) is 11.5 Å². The van der Waals surface area contributed by atoms with E-state index in [2.05, 4.69) is 0 Å². The Labute approximate surface area is 216 Å². The van der Waals surface area contributed by atoms with Crippen molar-refractivity contribution in [3.63, 3.8) is 0 Å². The molecule has 184 valence electrons. The third-order valence-electron chi connectivity index (χ3n) is 6.66. The van der Waals surface area contributed by atoms with Crippen molar-refractivity contribution in [1.82, 2.24) is 0 Å². The Hall–Kier alpha value is -4.64. The highest BCUT2D eigenvalue weighted by Crippen LogP contribution is 2.43. The number of ketones is 1. The number of benzene rings is 4. The first-order valence-corrected chi connectivity index (χ1v) is 12.1. The zero-order valence-corrected chi connectivity index (χ0v) is 20.9. The van der Waals surface area contributed by atoms with Crippen molar-refractivity contribution in [3.8, 4) is 11.5 Å². The monoisotopic (exact) mass is 489 g/mol. The Morgan fingerprint density at radius 2 is 1.49 bits per heavy atom. The highest BCUT2D eigenvalue weighted by Gasteiger charge is 2.47. The number of rotatable bonds is 5. The average Bonchev–Trinajstić information content (AvgIpc) is 3.16. The minimum absolute atomic E-state index is 0.0478. The number of anilines is 1. The molecule has 1 heterocycles. The number of carbonyl (C=O) groups excluding carboxylic acids is 2. The van der Waals surface area contributed by atoms with E-state index in [0.29, 0.717) is 28.3 Å². The van der Waals surface area contributed by atoms with Gasteiger partial charge < -0.3 is 9.84 Å². The summed E-state index contributed by atoms with van der Waals surface area (Å²) in [4.78, 5) is 28.4. The first-order valence-electron chi connectivity index (χ1n) is 12.1. The summed E-state index contributed by atoms with van der Waals surface area (Å²) in [6.07, 6.45) is 0. The number of aryl methyl sites for hydroxylation is 3. The van der Waals surface area contributed by atoms with E-state index >= 15 is 0 Å². The van der Waals surface area contributed by atoms with Crippen LogP contribution < -0.4 is 9.64 Å². The second kappa shape index (κ2) is 9.78. The third kappa shape index (κ3) is 4.64. The zero-order chi connectivity index (χ0) is 26.1. The molecule has 4 aromatic carbocycles. The largest absolute Gasteiger partial charge is 0.507 e. The summed E-state index contributed by atoms with van der Waals surface area (Å²) in [7, 11) is 0. The molecule has 1 fully saturated rings. The average molecular weight is 490 g/mol. The molecule has 0 radical (unpaired) electrons. The van der Waals surface area contributed by atoms with E-state index < -0.39 is 17.7 Å².